The summed E-state index contributed by atoms with van der Waals surface area (Å²) in [5, 5.41) is 2.93. The number of carbonyl (C=O) groups excluding carboxylic acids is 1. The topological polar surface area (TPSA) is 64.4 Å². The summed E-state index contributed by atoms with van der Waals surface area (Å²) in [5.41, 5.74) is 6.19. The van der Waals surface area contributed by atoms with Crippen LogP contribution in [0.15, 0.2) is 18.2 Å². The van der Waals surface area contributed by atoms with E-state index in [1.807, 2.05) is 0 Å². The molecule has 0 aliphatic carbocycles. The van der Waals surface area contributed by atoms with Crippen molar-refractivity contribution in [1.82, 2.24) is 5.32 Å². The Kier molecular flexibility index (Phi) is 4.37. The standard InChI is InChI=1S/C14H19FN2O2/c1-9(8-16)14(18)17-12-3-2-6-19-13-5-4-10(15)7-11(12)13/h4-5,7,9,12H,2-3,6,8,16H2,1H3,(H,17,18). The van der Waals surface area contributed by atoms with Gasteiger partial charge in [-0.25, -0.2) is 4.39 Å². The van der Waals surface area contributed by atoms with Crippen LogP contribution in [0.1, 0.15) is 31.4 Å². The van der Waals surface area contributed by atoms with Gasteiger partial charge in [-0.2, -0.15) is 0 Å². The van der Waals surface area contributed by atoms with Crippen molar-refractivity contribution in [2.75, 3.05) is 13.2 Å². The number of halogens is 1. The van der Waals surface area contributed by atoms with Crippen molar-refractivity contribution in [3.8, 4) is 5.75 Å². The fourth-order valence-corrected chi connectivity index (χ4v) is 2.12. The molecule has 19 heavy (non-hydrogen) atoms. The van der Waals surface area contributed by atoms with Crippen molar-refractivity contribution in [1.29, 1.82) is 0 Å². The second kappa shape index (κ2) is 6.02. The van der Waals surface area contributed by atoms with Gasteiger partial charge in [0.05, 0.1) is 12.6 Å². The maximum atomic E-state index is 13.4. The second-order valence-electron chi connectivity index (χ2n) is 4.87. The van der Waals surface area contributed by atoms with E-state index in [9.17, 15) is 9.18 Å². The molecule has 1 aliphatic heterocycles. The first-order valence-electron chi connectivity index (χ1n) is 6.54. The SMILES string of the molecule is CC(CN)C(=O)NC1CCCOc2ccc(F)cc21. The van der Waals surface area contributed by atoms with E-state index in [0.29, 0.717) is 24.5 Å². The van der Waals surface area contributed by atoms with E-state index in [-0.39, 0.29) is 23.7 Å². The number of ether oxygens (including phenoxy) is 1. The summed E-state index contributed by atoms with van der Waals surface area (Å²) in [5.74, 6) is -0.0363. The molecule has 0 aromatic heterocycles. The molecule has 4 nitrogen and oxygen atoms in total. The molecule has 1 aromatic carbocycles. The van der Waals surface area contributed by atoms with Gasteiger partial charge in [0.1, 0.15) is 11.6 Å². The van der Waals surface area contributed by atoms with Gasteiger partial charge in [0.25, 0.3) is 0 Å². The Hall–Kier alpha value is -1.62. The van der Waals surface area contributed by atoms with Crippen LogP contribution in [0.3, 0.4) is 0 Å². The molecule has 2 unspecified atom stereocenters. The lowest BCUT2D eigenvalue weighted by atomic mass is 10.0. The van der Waals surface area contributed by atoms with Crippen LogP contribution < -0.4 is 15.8 Å². The highest BCUT2D eigenvalue weighted by Gasteiger charge is 2.23. The predicted molar refractivity (Wildman–Crippen MR) is 70.2 cm³/mol. The van der Waals surface area contributed by atoms with Gasteiger partial charge in [0.2, 0.25) is 5.91 Å². The minimum absolute atomic E-state index is 0.107. The Bertz CT molecular complexity index is 465. The fourth-order valence-electron chi connectivity index (χ4n) is 2.12. The van der Waals surface area contributed by atoms with Crippen LogP contribution in [0.4, 0.5) is 4.39 Å². The van der Waals surface area contributed by atoms with E-state index >= 15 is 0 Å². The molecule has 5 heteroatoms. The summed E-state index contributed by atoms with van der Waals surface area (Å²) >= 11 is 0. The van der Waals surface area contributed by atoms with E-state index in [4.69, 9.17) is 10.5 Å². The average molecular weight is 266 g/mol. The van der Waals surface area contributed by atoms with Crippen LogP contribution in [-0.4, -0.2) is 19.1 Å². The summed E-state index contributed by atoms with van der Waals surface area (Å²) in [6.45, 7) is 2.65. The zero-order chi connectivity index (χ0) is 13.8. The van der Waals surface area contributed by atoms with Gasteiger partial charge in [0, 0.05) is 18.0 Å². The molecule has 0 fully saturated rings. The number of rotatable bonds is 3. The molecular formula is C14H19FN2O2. The Morgan fingerprint density at radius 1 is 1.63 bits per heavy atom. The van der Waals surface area contributed by atoms with Crippen molar-refractivity contribution in [3.63, 3.8) is 0 Å². The van der Waals surface area contributed by atoms with Gasteiger partial charge in [-0.3, -0.25) is 4.79 Å². The molecule has 0 radical (unpaired) electrons. The normalized spacial score (nSPS) is 19.8. The molecule has 1 aliphatic rings. The number of benzene rings is 1. The Labute approximate surface area is 112 Å². The summed E-state index contributed by atoms with van der Waals surface area (Å²) in [7, 11) is 0. The minimum atomic E-state index is -0.324. The van der Waals surface area contributed by atoms with Gasteiger partial charge in [0.15, 0.2) is 0 Å². The molecule has 1 aromatic rings. The third kappa shape index (κ3) is 3.23. The van der Waals surface area contributed by atoms with E-state index in [2.05, 4.69) is 5.32 Å². The zero-order valence-electron chi connectivity index (χ0n) is 11.0. The van der Waals surface area contributed by atoms with Crippen LogP contribution in [-0.2, 0) is 4.79 Å². The number of amides is 1. The maximum Gasteiger partial charge on any atom is 0.224 e. The summed E-state index contributed by atoms with van der Waals surface area (Å²) in [6, 6.07) is 4.20. The number of hydrogen-bond acceptors (Lipinski definition) is 3. The lowest BCUT2D eigenvalue weighted by molar-refractivity contribution is -0.125. The average Bonchev–Trinajstić information content (AvgIpc) is 2.60. The molecule has 3 N–H and O–H groups in total. The molecule has 1 amide bonds. The molecule has 2 atom stereocenters. The van der Waals surface area contributed by atoms with Crippen LogP contribution in [0, 0.1) is 11.7 Å². The lowest BCUT2D eigenvalue weighted by Gasteiger charge is -2.20. The van der Waals surface area contributed by atoms with Crippen LogP contribution >= 0.6 is 0 Å². The number of hydrogen-bond donors (Lipinski definition) is 2. The molecule has 0 saturated carbocycles. The molecule has 2 rings (SSSR count). The largest absolute Gasteiger partial charge is 0.493 e. The van der Waals surface area contributed by atoms with Crippen LogP contribution in [0.25, 0.3) is 0 Å². The monoisotopic (exact) mass is 266 g/mol. The Morgan fingerprint density at radius 3 is 3.16 bits per heavy atom. The van der Waals surface area contributed by atoms with E-state index in [1.165, 1.54) is 12.1 Å². The van der Waals surface area contributed by atoms with Crippen molar-refractivity contribution < 1.29 is 13.9 Å². The molecule has 104 valence electrons. The first-order valence-corrected chi connectivity index (χ1v) is 6.54. The lowest BCUT2D eigenvalue weighted by Crippen LogP contribution is -2.35. The quantitative estimate of drug-likeness (QED) is 0.876. The van der Waals surface area contributed by atoms with Crippen molar-refractivity contribution in [3.05, 3.63) is 29.6 Å². The van der Waals surface area contributed by atoms with E-state index in [0.717, 1.165) is 12.8 Å². The van der Waals surface area contributed by atoms with Crippen LogP contribution in [0.5, 0.6) is 5.75 Å². The number of fused-ring (bicyclic) bond motifs is 1. The number of nitrogens with one attached hydrogen (secondary N) is 1. The number of nitrogens with two attached hydrogens (primary N) is 1. The van der Waals surface area contributed by atoms with Crippen molar-refractivity contribution >= 4 is 5.91 Å². The molecule has 0 spiro atoms. The molecule has 0 saturated heterocycles. The molecule has 0 bridgehead atoms. The highest BCUT2D eigenvalue weighted by atomic mass is 19.1. The smallest absolute Gasteiger partial charge is 0.224 e. The third-order valence-corrected chi connectivity index (χ3v) is 3.36. The highest BCUT2D eigenvalue weighted by Crippen LogP contribution is 2.32. The van der Waals surface area contributed by atoms with Gasteiger partial charge < -0.3 is 15.8 Å². The number of carbonyl (C=O) groups is 1. The maximum absolute atomic E-state index is 13.4. The Balaban J connectivity index is 2.21. The first-order chi connectivity index (χ1) is 9.11. The minimum Gasteiger partial charge on any atom is -0.493 e. The van der Waals surface area contributed by atoms with Crippen molar-refractivity contribution in [2.24, 2.45) is 11.7 Å². The van der Waals surface area contributed by atoms with Gasteiger partial charge in [-0.05, 0) is 31.0 Å². The van der Waals surface area contributed by atoms with E-state index in [1.54, 1.807) is 13.0 Å². The third-order valence-electron chi connectivity index (χ3n) is 3.36. The predicted octanol–water partition coefficient (Wildman–Crippen LogP) is 1.75. The van der Waals surface area contributed by atoms with Gasteiger partial charge in [-0.15, -0.1) is 0 Å². The van der Waals surface area contributed by atoms with Crippen LogP contribution in [0.2, 0.25) is 0 Å². The summed E-state index contributed by atoms with van der Waals surface area (Å²) in [6.07, 6.45) is 1.55. The fraction of sp³-hybridized carbons (Fsp3) is 0.500. The highest BCUT2D eigenvalue weighted by molar-refractivity contribution is 5.79. The summed E-state index contributed by atoms with van der Waals surface area (Å²) < 4.78 is 18.9. The van der Waals surface area contributed by atoms with Gasteiger partial charge in [-0.1, -0.05) is 6.92 Å². The molecule has 1 heterocycles. The Morgan fingerprint density at radius 2 is 2.42 bits per heavy atom. The second-order valence-corrected chi connectivity index (χ2v) is 4.87. The van der Waals surface area contributed by atoms with Gasteiger partial charge >= 0.3 is 0 Å². The van der Waals surface area contributed by atoms with E-state index < -0.39 is 0 Å². The summed E-state index contributed by atoms with van der Waals surface area (Å²) in [4.78, 5) is 11.9. The first kappa shape index (κ1) is 13.8. The van der Waals surface area contributed by atoms with Crippen molar-refractivity contribution in [2.45, 2.75) is 25.8 Å². The molecular weight excluding hydrogens is 247 g/mol. The zero-order valence-corrected chi connectivity index (χ0v) is 11.0.